The summed E-state index contributed by atoms with van der Waals surface area (Å²) in [6.07, 6.45) is 3.21. The van der Waals surface area contributed by atoms with E-state index in [1.807, 2.05) is 55.5 Å². The van der Waals surface area contributed by atoms with Crippen molar-refractivity contribution in [3.05, 3.63) is 89.7 Å². The number of amides is 1. The predicted molar refractivity (Wildman–Crippen MR) is 115 cm³/mol. The van der Waals surface area contributed by atoms with Gasteiger partial charge in [0.2, 0.25) is 0 Å². The third-order valence-corrected chi connectivity index (χ3v) is 5.36. The lowest BCUT2D eigenvalue weighted by Crippen LogP contribution is -2.42. The molecule has 0 bridgehead atoms. The number of pyridine rings is 1. The Bertz CT molecular complexity index is 1010. The Balaban J connectivity index is 1.41. The molecule has 1 unspecified atom stereocenters. The lowest BCUT2D eigenvalue weighted by molar-refractivity contribution is 0.0636. The Kier molecular flexibility index (Phi) is 5.89. The van der Waals surface area contributed by atoms with Crippen LogP contribution in [0.15, 0.2) is 72.9 Å². The number of hydrogen-bond donors (Lipinski definition) is 0. The lowest BCUT2D eigenvalue weighted by Gasteiger charge is -2.32. The molecule has 0 spiro atoms. The number of aromatic nitrogens is 1. The third-order valence-electron chi connectivity index (χ3n) is 5.36. The summed E-state index contributed by atoms with van der Waals surface area (Å²) in [4.78, 5) is 31.8. The molecule has 30 heavy (non-hydrogen) atoms. The highest BCUT2D eigenvalue weighted by Crippen LogP contribution is 2.25. The number of hydrogen-bond acceptors (Lipinski definition) is 4. The maximum atomic E-state index is 13.0. The van der Waals surface area contributed by atoms with Crippen molar-refractivity contribution in [1.29, 1.82) is 0 Å². The molecule has 1 amide bonds. The van der Waals surface area contributed by atoms with Crippen LogP contribution in [0.2, 0.25) is 0 Å². The van der Waals surface area contributed by atoms with Crippen molar-refractivity contribution in [2.45, 2.75) is 19.8 Å². The zero-order chi connectivity index (χ0) is 20.9. The third kappa shape index (κ3) is 4.57. The monoisotopic (exact) mass is 400 g/mol. The predicted octanol–water partition coefficient (Wildman–Crippen LogP) is 4.92. The first-order valence-corrected chi connectivity index (χ1v) is 10.2. The number of para-hydroxylation sites is 1. The summed E-state index contributed by atoms with van der Waals surface area (Å²) in [6.45, 7) is 2.99. The Morgan fingerprint density at radius 1 is 0.933 bits per heavy atom. The highest BCUT2D eigenvalue weighted by molar-refractivity contribution is 5.99. The second kappa shape index (κ2) is 8.91. The summed E-state index contributed by atoms with van der Waals surface area (Å²) in [6, 6.07) is 20.4. The minimum Gasteiger partial charge on any atom is -0.457 e. The van der Waals surface area contributed by atoms with E-state index in [-0.39, 0.29) is 17.6 Å². The van der Waals surface area contributed by atoms with Gasteiger partial charge in [-0.1, -0.05) is 18.2 Å². The molecule has 0 N–H and O–H groups in total. The highest BCUT2D eigenvalue weighted by Gasteiger charge is 2.29. The van der Waals surface area contributed by atoms with Gasteiger partial charge in [0.25, 0.3) is 5.91 Å². The fraction of sp³-hybridized carbons (Fsp3) is 0.240. The number of rotatable bonds is 5. The maximum absolute atomic E-state index is 13.0. The van der Waals surface area contributed by atoms with Gasteiger partial charge in [-0.25, -0.2) is 0 Å². The largest absolute Gasteiger partial charge is 0.457 e. The SMILES string of the molecule is Cc1ccc(C(=O)N2CCCC(C(=O)c3ccc(Oc4ccccc4)cc3)C2)cn1. The van der Waals surface area contributed by atoms with Gasteiger partial charge in [0.15, 0.2) is 5.78 Å². The van der Waals surface area contributed by atoms with Gasteiger partial charge in [-0.3, -0.25) is 14.6 Å². The van der Waals surface area contributed by atoms with Crippen LogP contribution in [0.5, 0.6) is 11.5 Å². The van der Waals surface area contributed by atoms with Gasteiger partial charge < -0.3 is 9.64 Å². The first-order chi connectivity index (χ1) is 14.6. The molecule has 0 saturated carbocycles. The number of likely N-dealkylation sites (tertiary alicyclic amines) is 1. The van der Waals surface area contributed by atoms with Crippen molar-refractivity contribution in [3.8, 4) is 11.5 Å². The molecule has 1 saturated heterocycles. The average Bonchev–Trinajstić information content (AvgIpc) is 2.80. The van der Waals surface area contributed by atoms with E-state index in [1.54, 1.807) is 29.3 Å². The number of ether oxygens (including phenoxy) is 1. The molecule has 2 heterocycles. The Hall–Kier alpha value is -3.47. The van der Waals surface area contributed by atoms with Gasteiger partial charge >= 0.3 is 0 Å². The second-order valence-corrected chi connectivity index (χ2v) is 7.58. The van der Waals surface area contributed by atoms with Crippen LogP contribution in [0.4, 0.5) is 0 Å². The summed E-state index contributed by atoms with van der Waals surface area (Å²) < 4.78 is 5.79. The van der Waals surface area contributed by atoms with Crippen LogP contribution in [0.1, 0.15) is 39.3 Å². The van der Waals surface area contributed by atoms with Crippen molar-refractivity contribution >= 4 is 11.7 Å². The van der Waals surface area contributed by atoms with E-state index in [2.05, 4.69) is 4.98 Å². The summed E-state index contributed by atoms with van der Waals surface area (Å²) in [5, 5.41) is 0. The lowest BCUT2D eigenvalue weighted by atomic mass is 9.89. The maximum Gasteiger partial charge on any atom is 0.255 e. The molecule has 3 aromatic rings. The number of ketones is 1. The number of carbonyl (C=O) groups excluding carboxylic acids is 2. The minimum absolute atomic E-state index is 0.0633. The molecule has 0 aliphatic carbocycles. The van der Waals surface area contributed by atoms with Crippen LogP contribution >= 0.6 is 0 Å². The van der Waals surface area contributed by atoms with E-state index in [9.17, 15) is 9.59 Å². The van der Waals surface area contributed by atoms with Crippen LogP contribution in [0.25, 0.3) is 0 Å². The van der Waals surface area contributed by atoms with Crippen molar-refractivity contribution in [3.63, 3.8) is 0 Å². The molecular weight excluding hydrogens is 376 g/mol. The van der Waals surface area contributed by atoms with Crippen LogP contribution in [0.3, 0.4) is 0 Å². The van der Waals surface area contributed by atoms with Crippen molar-refractivity contribution in [2.24, 2.45) is 5.92 Å². The van der Waals surface area contributed by atoms with E-state index in [4.69, 9.17) is 4.74 Å². The standard InChI is InChI=1S/C25H24N2O3/c1-18-9-10-20(16-26-18)25(29)27-15-5-6-21(17-27)24(28)19-11-13-23(14-12-19)30-22-7-3-2-4-8-22/h2-4,7-14,16,21H,5-6,15,17H2,1H3. The molecule has 0 radical (unpaired) electrons. The number of nitrogens with zero attached hydrogens (tertiary/aromatic N) is 2. The number of carbonyl (C=O) groups is 2. The molecule has 1 aliphatic rings. The molecule has 1 aliphatic heterocycles. The molecule has 4 rings (SSSR count). The van der Waals surface area contributed by atoms with Crippen molar-refractivity contribution in [2.75, 3.05) is 13.1 Å². The quantitative estimate of drug-likeness (QED) is 0.571. The van der Waals surface area contributed by atoms with Gasteiger partial charge in [-0.15, -0.1) is 0 Å². The van der Waals surface area contributed by atoms with Crippen LogP contribution in [0, 0.1) is 12.8 Å². The molecule has 2 aromatic carbocycles. The normalized spacial score (nSPS) is 16.2. The van der Waals surface area contributed by atoms with Crippen LogP contribution in [-0.2, 0) is 0 Å². The van der Waals surface area contributed by atoms with Crippen molar-refractivity contribution < 1.29 is 14.3 Å². The summed E-state index contributed by atoms with van der Waals surface area (Å²) >= 11 is 0. The molecule has 1 atom stereocenters. The smallest absolute Gasteiger partial charge is 0.255 e. The second-order valence-electron chi connectivity index (χ2n) is 7.58. The van der Waals surface area contributed by atoms with Gasteiger partial charge in [0.05, 0.1) is 5.56 Å². The fourth-order valence-electron chi connectivity index (χ4n) is 3.70. The average molecular weight is 400 g/mol. The zero-order valence-corrected chi connectivity index (χ0v) is 17.0. The van der Waals surface area contributed by atoms with E-state index in [1.165, 1.54) is 0 Å². The van der Waals surface area contributed by atoms with E-state index >= 15 is 0 Å². The van der Waals surface area contributed by atoms with Crippen LogP contribution < -0.4 is 4.74 Å². The van der Waals surface area contributed by atoms with Crippen molar-refractivity contribution in [1.82, 2.24) is 9.88 Å². The summed E-state index contributed by atoms with van der Waals surface area (Å²) in [7, 11) is 0. The zero-order valence-electron chi connectivity index (χ0n) is 17.0. The first-order valence-electron chi connectivity index (χ1n) is 10.2. The number of benzene rings is 2. The van der Waals surface area contributed by atoms with E-state index < -0.39 is 0 Å². The number of piperidine rings is 1. The number of Topliss-reactive ketones (excluding diaryl/α,β-unsaturated/α-hetero) is 1. The van der Waals surface area contributed by atoms with Gasteiger partial charge in [-0.2, -0.15) is 0 Å². The van der Waals surface area contributed by atoms with Gasteiger partial charge in [0.1, 0.15) is 11.5 Å². The Morgan fingerprint density at radius 3 is 2.33 bits per heavy atom. The molecular formula is C25H24N2O3. The molecule has 152 valence electrons. The molecule has 1 aromatic heterocycles. The highest BCUT2D eigenvalue weighted by atomic mass is 16.5. The first kappa shape index (κ1) is 19.8. The van der Waals surface area contributed by atoms with Gasteiger partial charge in [-0.05, 0) is 68.3 Å². The summed E-state index contributed by atoms with van der Waals surface area (Å²) in [5.41, 5.74) is 2.08. The van der Waals surface area contributed by atoms with E-state index in [0.717, 1.165) is 24.3 Å². The van der Waals surface area contributed by atoms with Gasteiger partial charge in [0, 0.05) is 36.5 Å². The van der Waals surface area contributed by atoms with Crippen LogP contribution in [-0.4, -0.2) is 34.7 Å². The molecule has 5 heteroatoms. The topological polar surface area (TPSA) is 59.5 Å². The minimum atomic E-state index is -0.193. The molecule has 5 nitrogen and oxygen atoms in total. The summed E-state index contributed by atoms with van der Waals surface area (Å²) in [5.74, 6) is 1.25. The molecule has 1 fully saturated rings. The fourth-order valence-corrected chi connectivity index (χ4v) is 3.70. The Labute approximate surface area is 176 Å². The van der Waals surface area contributed by atoms with E-state index in [0.29, 0.717) is 30.0 Å². The number of aryl methyl sites for hydroxylation is 1. The Morgan fingerprint density at radius 2 is 1.63 bits per heavy atom.